The molecular weight excluding hydrogens is 172 g/mol. The average molecular weight is 190 g/mol. The molecule has 1 aromatic rings. The van der Waals surface area contributed by atoms with Crippen molar-refractivity contribution in [3.8, 4) is 0 Å². The number of aryl methyl sites for hydroxylation is 2. The molecule has 1 atom stereocenters. The second-order valence-electron chi connectivity index (χ2n) is 4.27. The molecule has 0 radical (unpaired) electrons. The Kier molecular flexibility index (Phi) is 2.55. The molecule has 0 aromatic carbocycles. The topological polar surface area (TPSA) is 24.9 Å². The Morgan fingerprint density at radius 3 is 2.64 bits per heavy atom. The monoisotopic (exact) mass is 190 g/mol. The first-order valence-electron chi connectivity index (χ1n) is 5.33. The lowest BCUT2D eigenvalue weighted by molar-refractivity contribution is 0.526. The van der Waals surface area contributed by atoms with Crippen LogP contribution in [0.1, 0.15) is 35.7 Å². The second-order valence-corrected chi connectivity index (χ2v) is 4.27. The molecular formula is C12H18N2. The zero-order valence-corrected chi connectivity index (χ0v) is 9.17. The maximum Gasteiger partial charge on any atom is 0.0402 e. The Labute approximate surface area is 85.7 Å². The van der Waals surface area contributed by atoms with Gasteiger partial charge in [-0.05, 0) is 50.8 Å². The van der Waals surface area contributed by atoms with Gasteiger partial charge in [0, 0.05) is 17.9 Å². The summed E-state index contributed by atoms with van der Waals surface area (Å²) < 4.78 is 0. The molecule has 14 heavy (non-hydrogen) atoms. The highest BCUT2D eigenvalue weighted by atomic mass is 14.9. The maximum atomic E-state index is 4.42. The van der Waals surface area contributed by atoms with Crippen LogP contribution in [0.4, 0.5) is 0 Å². The second kappa shape index (κ2) is 3.70. The van der Waals surface area contributed by atoms with Crippen LogP contribution < -0.4 is 5.32 Å². The van der Waals surface area contributed by atoms with Crippen LogP contribution in [0, 0.1) is 19.8 Å². The van der Waals surface area contributed by atoms with E-state index in [-0.39, 0.29) is 0 Å². The van der Waals surface area contributed by atoms with E-state index >= 15 is 0 Å². The van der Waals surface area contributed by atoms with E-state index in [2.05, 4.69) is 30.2 Å². The molecule has 0 amide bonds. The highest BCUT2D eigenvalue weighted by Crippen LogP contribution is 2.40. The number of nitrogens with zero attached hydrogens (tertiary/aromatic N) is 1. The Morgan fingerprint density at radius 1 is 1.43 bits per heavy atom. The summed E-state index contributed by atoms with van der Waals surface area (Å²) in [6.45, 7) is 4.19. The number of aromatic nitrogens is 1. The van der Waals surface area contributed by atoms with E-state index in [0.717, 1.165) is 11.6 Å². The van der Waals surface area contributed by atoms with Gasteiger partial charge in [-0.3, -0.25) is 4.98 Å². The standard InChI is InChI=1S/C12H18N2/c1-8-6-11(7-14-9(8)2)12(13-3)10-4-5-10/h6-7,10,12-13H,4-5H2,1-3H3. The Morgan fingerprint density at radius 2 is 2.14 bits per heavy atom. The number of hydrogen-bond acceptors (Lipinski definition) is 2. The molecule has 1 unspecified atom stereocenters. The molecule has 0 bridgehead atoms. The molecule has 0 saturated heterocycles. The van der Waals surface area contributed by atoms with Crippen molar-refractivity contribution in [3.05, 3.63) is 29.1 Å². The van der Waals surface area contributed by atoms with Crippen LogP contribution in [0.25, 0.3) is 0 Å². The minimum absolute atomic E-state index is 0.516. The van der Waals surface area contributed by atoms with Crippen LogP contribution in [-0.2, 0) is 0 Å². The predicted molar refractivity (Wildman–Crippen MR) is 58.2 cm³/mol. The Hall–Kier alpha value is -0.890. The molecule has 76 valence electrons. The molecule has 1 aliphatic carbocycles. The van der Waals surface area contributed by atoms with Crippen molar-refractivity contribution in [1.29, 1.82) is 0 Å². The van der Waals surface area contributed by atoms with E-state index < -0.39 is 0 Å². The molecule has 1 heterocycles. The molecule has 1 N–H and O–H groups in total. The van der Waals surface area contributed by atoms with Crippen molar-refractivity contribution in [2.45, 2.75) is 32.7 Å². The van der Waals surface area contributed by atoms with Crippen molar-refractivity contribution in [2.75, 3.05) is 7.05 Å². The third kappa shape index (κ3) is 1.80. The summed E-state index contributed by atoms with van der Waals surface area (Å²) in [4.78, 5) is 4.42. The minimum Gasteiger partial charge on any atom is -0.313 e. The van der Waals surface area contributed by atoms with Gasteiger partial charge in [0.05, 0.1) is 0 Å². The van der Waals surface area contributed by atoms with Crippen LogP contribution in [0.2, 0.25) is 0 Å². The predicted octanol–water partition coefficient (Wildman–Crippen LogP) is 2.37. The van der Waals surface area contributed by atoms with Gasteiger partial charge in [0.25, 0.3) is 0 Å². The van der Waals surface area contributed by atoms with Crippen LogP contribution in [0.15, 0.2) is 12.3 Å². The number of hydrogen-bond donors (Lipinski definition) is 1. The van der Waals surface area contributed by atoms with Gasteiger partial charge in [-0.1, -0.05) is 6.07 Å². The third-order valence-electron chi connectivity index (χ3n) is 3.12. The van der Waals surface area contributed by atoms with Gasteiger partial charge in [0.15, 0.2) is 0 Å². The van der Waals surface area contributed by atoms with E-state index in [0.29, 0.717) is 6.04 Å². The van der Waals surface area contributed by atoms with Gasteiger partial charge in [-0.25, -0.2) is 0 Å². The fourth-order valence-corrected chi connectivity index (χ4v) is 1.94. The van der Waals surface area contributed by atoms with Gasteiger partial charge in [-0.15, -0.1) is 0 Å². The number of pyridine rings is 1. The fourth-order valence-electron chi connectivity index (χ4n) is 1.94. The van der Waals surface area contributed by atoms with Crippen LogP contribution >= 0.6 is 0 Å². The molecule has 2 heteroatoms. The third-order valence-corrected chi connectivity index (χ3v) is 3.12. The molecule has 2 nitrogen and oxygen atoms in total. The molecule has 0 spiro atoms. The molecule has 2 rings (SSSR count). The number of nitrogens with one attached hydrogen (secondary N) is 1. The van der Waals surface area contributed by atoms with Crippen LogP contribution in [0.5, 0.6) is 0 Å². The largest absolute Gasteiger partial charge is 0.313 e. The summed E-state index contributed by atoms with van der Waals surface area (Å²) in [5.74, 6) is 0.837. The summed E-state index contributed by atoms with van der Waals surface area (Å²) in [6.07, 6.45) is 4.73. The normalized spacial score (nSPS) is 18.2. The summed E-state index contributed by atoms with van der Waals surface area (Å²) in [6, 6.07) is 2.78. The zero-order chi connectivity index (χ0) is 10.1. The number of rotatable bonds is 3. The Balaban J connectivity index is 2.25. The molecule has 1 aliphatic rings. The van der Waals surface area contributed by atoms with E-state index in [9.17, 15) is 0 Å². The van der Waals surface area contributed by atoms with E-state index in [1.807, 2.05) is 13.2 Å². The highest BCUT2D eigenvalue weighted by Gasteiger charge is 2.31. The van der Waals surface area contributed by atoms with Crippen molar-refractivity contribution in [2.24, 2.45) is 5.92 Å². The lowest BCUT2D eigenvalue weighted by Gasteiger charge is -2.16. The lowest BCUT2D eigenvalue weighted by atomic mass is 10.0. The first-order chi connectivity index (χ1) is 6.72. The molecule has 1 aromatic heterocycles. The summed E-state index contributed by atoms with van der Waals surface area (Å²) >= 11 is 0. The molecule has 0 aliphatic heterocycles. The maximum absolute atomic E-state index is 4.42. The summed E-state index contributed by atoms with van der Waals surface area (Å²) in [5, 5.41) is 3.39. The van der Waals surface area contributed by atoms with Crippen LogP contribution in [0.3, 0.4) is 0 Å². The van der Waals surface area contributed by atoms with Crippen molar-refractivity contribution in [1.82, 2.24) is 10.3 Å². The van der Waals surface area contributed by atoms with E-state index in [4.69, 9.17) is 0 Å². The van der Waals surface area contributed by atoms with Crippen molar-refractivity contribution < 1.29 is 0 Å². The van der Waals surface area contributed by atoms with Crippen molar-refractivity contribution in [3.63, 3.8) is 0 Å². The summed E-state index contributed by atoms with van der Waals surface area (Å²) in [5.41, 5.74) is 3.78. The lowest BCUT2D eigenvalue weighted by Crippen LogP contribution is -2.18. The SMILES string of the molecule is CNC(c1cnc(C)c(C)c1)C1CC1. The van der Waals surface area contributed by atoms with Gasteiger partial charge >= 0.3 is 0 Å². The highest BCUT2D eigenvalue weighted by molar-refractivity contribution is 5.26. The molecule has 1 fully saturated rings. The van der Waals surface area contributed by atoms with E-state index in [1.54, 1.807) is 0 Å². The van der Waals surface area contributed by atoms with E-state index in [1.165, 1.54) is 24.0 Å². The van der Waals surface area contributed by atoms with Gasteiger partial charge in [0.2, 0.25) is 0 Å². The molecule has 1 saturated carbocycles. The van der Waals surface area contributed by atoms with Gasteiger partial charge < -0.3 is 5.32 Å². The Bertz CT molecular complexity index is 329. The smallest absolute Gasteiger partial charge is 0.0402 e. The first kappa shape index (κ1) is 9.66. The van der Waals surface area contributed by atoms with Crippen molar-refractivity contribution >= 4 is 0 Å². The average Bonchev–Trinajstić information content (AvgIpc) is 2.96. The first-order valence-corrected chi connectivity index (χ1v) is 5.33. The van der Waals surface area contributed by atoms with Crippen LogP contribution in [-0.4, -0.2) is 12.0 Å². The van der Waals surface area contributed by atoms with Gasteiger partial charge in [-0.2, -0.15) is 0 Å². The van der Waals surface area contributed by atoms with Gasteiger partial charge in [0.1, 0.15) is 0 Å². The minimum atomic E-state index is 0.516. The summed E-state index contributed by atoms with van der Waals surface area (Å²) in [7, 11) is 2.04. The zero-order valence-electron chi connectivity index (χ0n) is 9.17. The fraction of sp³-hybridized carbons (Fsp3) is 0.583. The quantitative estimate of drug-likeness (QED) is 0.791.